The van der Waals surface area contributed by atoms with E-state index in [9.17, 15) is 0 Å². The minimum absolute atomic E-state index is 0. The summed E-state index contributed by atoms with van der Waals surface area (Å²) in [6, 6.07) is 14.8. The molecule has 0 amide bonds. The van der Waals surface area contributed by atoms with Crippen LogP contribution in [0.25, 0.3) is 11.1 Å². The summed E-state index contributed by atoms with van der Waals surface area (Å²) in [6.45, 7) is 7.13. The van der Waals surface area contributed by atoms with E-state index in [0.717, 1.165) is 18.0 Å². The number of oxazole rings is 1. The monoisotopic (exact) mass is 331 g/mol. The van der Waals surface area contributed by atoms with E-state index in [1.54, 1.807) is 0 Å². The maximum Gasteiger partial charge on any atom is 0.345 e. The van der Waals surface area contributed by atoms with Crippen molar-refractivity contribution in [3.05, 3.63) is 65.0 Å². The lowest BCUT2D eigenvalue weighted by atomic mass is 10.1. The number of hydrogen-bond acceptors (Lipinski definition) is 1. The molecular formula is C17H18BrNO. The Morgan fingerprint density at radius 1 is 0.950 bits per heavy atom. The zero-order chi connectivity index (χ0) is 13.4. The molecule has 3 aromatic rings. The molecule has 0 bridgehead atoms. The standard InChI is InChI=1S/C17H18NO.BrH/c1-12-9-16-17(10-13(12)2)19-14(3)18(16)11-15-7-5-4-6-8-15;/h4-10H,11H2,1-3H3;1H/q+1;/p-1. The van der Waals surface area contributed by atoms with E-state index in [0.29, 0.717) is 0 Å². The predicted molar refractivity (Wildman–Crippen MR) is 76.2 cm³/mol. The maximum absolute atomic E-state index is 5.87. The molecule has 1 heterocycles. The van der Waals surface area contributed by atoms with Crippen molar-refractivity contribution < 1.29 is 26.0 Å². The van der Waals surface area contributed by atoms with Crippen LogP contribution in [0.3, 0.4) is 0 Å². The number of hydrogen-bond donors (Lipinski definition) is 0. The average molecular weight is 332 g/mol. The Morgan fingerprint density at radius 2 is 1.60 bits per heavy atom. The first kappa shape index (κ1) is 14.8. The summed E-state index contributed by atoms with van der Waals surface area (Å²) in [5.74, 6) is 0.948. The van der Waals surface area contributed by atoms with Crippen molar-refractivity contribution in [3.63, 3.8) is 0 Å². The molecule has 0 fully saturated rings. The molecule has 0 saturated carbocycles. The molecule has 2 aromatic carbocycles. The molecular weight excluding hydrogens is 314 g/mol. The zero-order valence-corrected chi connectivity index (χ0v) is 13.6. The fourth-order valence-electron chi connectivity index (χ4n) is 2.41. The Hall–Kier alpha value is -1.61. The third kappa shape index (κ3) is 2.63. The fraction of sp³-hybridized carbons (Fsp3) is 0.235. The number of aryl methyl sites for hydroxylation is 3. The van der Waals surface area contributed by atoms with Gasteiger partial charge < -0.3 is 21.4 Å². The van der Waals surface area contributed by atoms with Crippen LogP contribution < -0.4 is 21.5 Å². The second-order valence-electron chi connectivity index (χ2n) is 5.10. The lowest BCUT2D eigenvalue weighted by Gasteiger charge is -1.98. The molecule has 0 saturated heterocycles. The molecule has 0 aliphatic heterocycles. The fourth-order valence-corrected chi connectivity index (χ4v) is 2.41. The van der Waals surface area contributed by atoms with Crippen molar-refractivity contribution in [2.75, 3.05) is 0 Å². The first-order chi connectivity index (χ1) is 9.15. The van der Waals surface area contributed by atoms with Crippen molar-refractivity contribution in [1.82, 2.24) is 0 Å². The highest BCUT2D eigenvalue weighted by Crippen LogP contribution is 2.19. The Kier molecular flexibility index (Phi) is 4.29. The van der Waals surface area contributed by atoms with E-state index in [4.69, 9.17) is 4.42 Å². The van der Waals surface area contributed by atoms with Crippen molar-refractivity contribution >= 4 is 11.1 Å². The van der Waals surface area contributed by atoms with E-state index in [1.165, 1.54) is 22.2 Å². The van der Waals surface area contributed by atoms with E-state index >= 15 is 0 Å². The minimum Gasteiger partial charge on any atom is -1.00 e. The Bertz CT molecular complexity index is 732. The van der Waals surface area contributed by atoms with Gasteiger partial charge in [-0.2, -0.15) is 4.57 Å². The largest absolute Gasteiger partial charge is 1.00 e. The summed E-state index contributed by atoms with van der Waals surface area (Å²) in [5, 5.41) is 0. The van der Waals surface area contributed by atoms with Crippen molar-refractivity contribution in [2.45, 2.75) is 27.3 Å². The summed E-state index contributed by atoms with van der Waals surface area (Å²) >= 11 is 0. The van der Waals surface area contributed by atoms with Crippen LogP contribution in [-0.2, 0) is 6.54 Å². The van der Waals surface area contributed by atoms with Crippen LogP contribution in [0.15, 0.2) is 46.9 Å². The van der Waals surface area contributed by atoms with Gasteiger partial charge >= 0.3 is 5.89 Å². The molecule has 0 spiro atoms. The van der Waals surface area contributed by atoms with Crippen LogP contribution in [0.2, 0.25) is 0 Å². The lowest BCUT2D eigenvalue weighted by Crippen LogP contribution is -3.00. The van der Waals surface area contributed by atoms with Gasteiger partial charge in [-0.15, -0.1) is 0 Å². The Morgan fingerprint density at radius 3 is 2.30 bits per heavy atom. The Labute approximate surface area is 129 Å². The summed E-state index contributed by atoms with van der Waals surface area (Å²) in [6.07, 6.45) is 0. The van der Waals surface area contributed by atoms with Gasteiger partial charge in [-0.05, 0) is 31.0 Å². The van der Waals surface area contributed by atoms with Crippen molar-refractivity contribution in [1.29, 1.82) is 0 Å². The molecule has 0 aliphatic rings. The molecule has 0 N–H and O–H groups in total. The van der Waals surface area contributed by atoms with Crippen molar-refractivity contribution in [3.8, 4) is 0 Å². The number of aromatic nitrogens is 1. The van der Waals surface area contributed by atoms with E-state index in [2.05, 4.69) is 54.8 Å². The van der Waals surface area contributed by atoms with Gasteiger partial charge in [0.1, 0.15) is 0 Å². The first-order valence-corrected chi connectivity index (χ1v) is 6.59. The van der Waals surface area contributed by atoms with Crippen LogP contribution in [-0.4, -0.2) is 0 Å². The van der Waals surface area contributed by atoms with E-state index < -0.39 is 0 Å². The molecule has 0 radical (unpaired) electrons. The topological polar surface area (TPSA) is 17.0 Å². The molecule has 0 atom stereocenters. The highest BCUT2D eigenvalue weighted by molar-refractivity contribution is 5.71. The second-order valence-corrected chi connectivity index (χ2v) is 5.10. The highest BCUT2D eigenvalue weighted by Gasteiger charge is 2.20. The maximum atomic E-state index is 5.87. The summed E-state index contributed by atoms with van der Waals surface area (Å²) < 4.78 is 8.10. The molecule has 104 valence electrons. The summed E-state index contributed by atoms with van der Waals surface area (Å²) in [5.41, 5.74) is 6.00. The van der Waals surface area contributed by atoms with Gasteiger partial charge in [0.2, 0.25) is 5.58 Å². The van der Waals surface area contributed by atoms with Gasteiger partial charge in [-0.1, -0.05) is 30.3 Å². The van der Waals surface area contributed by atoms with E-state index in [-0.39, 0.29) is 17.0 Å². The summed E-state index contributed by atoms with van der Waals surface area (Å²) in [7, 11) is 0. The molecule has 3 heteroatoms. The second kappa shape index (κ2) is 5.80. The molecule has 3 rings (SSSR count). The van der Waals surface area contributed by atoms with E-state index in [1.807, 2.05) is 13.0 Å². The van der Waals surface area contributed by atoms with Crippen LogP contribution in [0, 0.1) is 20.8 Å². The molecule has 2 nitrogen and oxygen atoms in total. The highest BCUT2D eigenvalue weighted by atomic mass is 79.9. The van der Waals surface area contributed by atoms with Gasteiger partial charge in [0.15, 0.2) is 6.54 Å². The van der Waals surface area contributed by atoms with Crippen LogP contribution in [0.4, 0.5) is 0 Å². The number of fused-ring (bicyclic) bond motifs is 1. The smallest absolute Gasteiger partial charge is 0.345 e. The minimum atomic E-state index is 0. The number of nitrogens with zero attached hydrogens (tertiary/aromatic N) is 1. The SMILES string of the molecule is Cc1cc2oc(C)[n+](Cc3ccccc3)c2cc1C.[Br-]. The quantitative estimate of drug-likeness (QED) is 0.632. The van der Waals surface area contributed by atoms with Gasteiger partial charge in [-0.3, -0.25) is 0 Å². The van der Waals surface area contributed by atoms with Gasteiger partial charge in [0.25, 0.3) is 5.52 Å². The van der Waals surface area contributed by atoms with Crippen LogP contribution in [0.1, 0.15) is 22.6 Å². The third-order valence-electron chi connectivity index (χ3n) is 3.69. The van der Waals surface area contributed by atoms with Gasteiger partial charge in [-0.25, -0.2) is 0 Å². The van der Waals surface area contributed by atoms with Crippen LogP contribution >= 0.6 is 0 Å². The van der Waals surface area contributed by atoms with Crippen molar-refractivity contribution in [2.24, 2.45) is 0 Å². The number of benzene rings is 2. The Balaban J connectivity index is 0.00000147. The molecule has 0 aliphatic carbocycles. The molecule has 1 aromatic heterocycles. The zero-order valence-electron chi connectivity index (χ0n) is 12.0. The van der Waals surface area contributed by atoms with Gasteiger partial charge in [0, 0.05) is 11.6 Å². The number of halogens is 1. The third-order valence-corrected chi connectivity index (χ3v) is 3.69. The molecule has 0 unspecified atom stereocenters. The average Bonchev–Trinajstić information content (AvgIpc) is 2.68. The first-order valence-electron chi connectivity index (χ1n) is 6.59. The number of rotatable bonds is 2. The summed E-state index contributed by atoms with van der Waals surface area (Å²) in [4.78, 5) is 0. The normalized spacial score (nSPS) is 10.6. The lowest BCUT2D eigenvalue weighted by molar-refractivity contribution is -0.674. The predicted octanol–water partition coefficient (Wildman–Crippen LogP) is 0.698. The van der Waals surface area contributed by atoms with Gasteiger partial charge in [0.05, 0.1) is 6.92 Å². The molecule has 20 heavy (non-hydrogen) atoms. The van der Waals surface area contributed by atoms with Crippen LogP contribution in [0.5, 0.6) is 0 Å².